The number of nitrogens with zero attached hydrogens (tertiary/aromatic N) is 1. The van der Waals surface area contributed by atoms with Crippen molar-refractivity contribution < 1.29 is 9.90 Å². The summed E-state index contributed by atoms with van der Waals surface area (Å²) >= 11 is 0. The zero-order valence-corrected chi connectivity index (χ0v) is 7.92. The summed E-state index contributed by atoms with van der Waals surface area (Å²) in [5.74, 6) is -1.01. The molecule has 2 rings (SSSR count). The van der Waals surface area contributed by atoms with E-state index in [1.54, 1.807) is 18.2 Å². The van der Waals surface area contributed by atoms with Crippen molar-refractivity contribution in [1.82, 2.24) is 4.57 Å². The van der Waals surface area contributed by atoms with Crippen LogP contribution in [-0.2, 0) is 0 Å². The molecule has 0 fully saturated rings. The summed E-state index contributed by atoms with van der Waals surface area (Å²) in [4.78, 5) is 10.9. The largest absolute Gasteiger partial charge is 0.478 e. The Bertz CT molecular complexity index is 489. The zero-order valence-electron chi connectivity index (χ0n) is 7.92. The van der Waals surface area contributed by atoms with Gasteiger partial charge in [0.25, 0.3) is 0 Å². The van der Waals surface area contributed by atoms with Crippen LogP contribution in [0.4, 0.5) is 5.69 Å². The van der Waals surface area contributed by atoms with Crippen molar-refractivity contribution in [2.75, 3.05) is 5.73 Å². The molecule has 15 heavy (non-hydrogen) atoms. The van der Waals surface area contributed by atoms with E-state index in [1.165, 1.54) is 0 Å². The molecule has 0 radical (unpaired) electrons. The molecule has 4 nitrogen and oxygen atoms in total. The van der Waals surface area contributed by atoms with Gasteiger partial charge in [-0.3, -0.25) is 0 Å². The maximum Gasteiger partial charge on any atom is 0.337 e. The van der Waals surface area contributed by atoms with Gasteiger partial charge in [0.15, 0.2) is 0 Å². The molecule has 0 aliphatic rings. The second-order valence-corrected chi connectivity index (χ2v) is 3.17. The van der Waals surface area contributed by atoms with E-state index in [9.17, 15) is 4.79 Å². The van der Waals surface area contributed by atoms with E-state index in [1.807, 2.05) is 29.1 Å². The molecule has 0 amide bonds. The predicted octanol–water partition coefficient (Wildman–Crippen LogP) is 1.76. The smallest absolute Gasteiger partial charge is 0.337 e. The molecule has 0 saturated heterocycles. The first-order valence-corrected chi connectivity index (χ1v) is 4.44. The Kier molecular flexibility index (Phi) is 2.17. The van der Waals surface area contributed by atoms with Crippen molar-refractivity contribution in [2.24, 2.45) is 0 Å². The number of aromatic nitrogens is 1. The normalized spacial score (nSPS) is 10.1. The van der Waals surface area contributed by atoms with E-state index in [-0.39, 0.29) is 11.3 Å². The minimum atomic E-state index is -1.01. The first kappa shape index (κ1) is 9.33. The van der Waals surface area contributed by atoms with Crippen LogP contribution in [0.2, 0.25) is 0 Å². The van der Waals surface area contributed by atoms with Gasteiger partial charge in [0.1, 0.15) is 0 Å². The Balaban J connectivity index is 2.52. The Labute approximate surface area is 86.6 Å². The number of aromatic carboxylic acids is 1. The Morgan fingerprint density at radius 2 is 1.93 bits per heavy atom. The van der Waals surface area contributed by atoms with Crippen molar-refractivity contribution in [3.63, 3.8) is 0 Å². The number of carboxylic acid groups (broad SMARTS) is 1. The van der Waals surface area contributed by atoms with Gasteiger partial charge >= 0.3 is 5.97 Å². The van der Waals surface area contributed by atoms with Gasteiger partial charge in [0, 0.05) is 23.8 Å². The summed E-state index contributed by atoms with van der Waals surface area (Å²) in [6.07, 6.45) is 3.69. The standard InChI is InChI=1S/C11H10N2O2/c12-10-4-3-8(7-9(10)11(14)15)13-5-1-2-6-13/h1-7H,12H2,(H,14,15). The number of hydrogen-bond acceptors (Lipinski definition) is 2. The lowest BCUT2D eigenvalue weighted by Gasteiger charge is -2.06. The molecule has 1 aromatic heterocycles. The molecule has 0 unspecified atom stereocenters. The highest BCUT2D eigenvalue weighted by molar-refractivity contribution is 5.94. The third-order valence-corrected chi connectivity index (χ3v) is 2.17. The number of rotatable bonds is 2. The zero-order chi connectivity index (χ0) is 10.8. The summed E-state index contributed by atoms with van der Waals surface area (Å²) in [7, 11) is 0. The molecule has 0 spiro atoms. The SMILES string of the molecule is Nc1ccc(-n2cccc2)cc1C(=O)O. The van der Waals surface area contributed by atoms with Crippen LogP contribution in [0.3, 0.4) is 0 Å². The minimum Gasteiger partial charge on any atom is -0.478 e. The summed E-state index contributed by atoms with van der Waals surface area (Å²) in [6, 6.07) is 8.67. The molecule has 1 aromatic carbocycles. The van der Waals surface area contributed by atoms with Gasteiger partial charge in [-0.2, -0.15) is 0 Å². The Hall–Kier alpha value is -2.23. The molecule has 0 atom stereocenters. The molecular weight excluding hydrogens is 192 g/mol. The van der Waals surface area contributed by atoms with Crippen LogP contribution in [0.1, 0.15) is 10.4 Å². The fourth-order valence-corrected chi connectivity index (χ4v) is 1.40. The van der Waals surface area contributed by atoms with Crippen LogP contribution in [0.15, 0.2) is 42.7 Å². The average Bonchev–Trinajstić information content (AvgIpc) is 2.71. The number of carbonyl (C=O) groups is 1. The van der Waals surface area contributed by atoms with Crippen LogP contribution >= 0.6 is 0 Å². The molecule has 1 heterocycles. The van der Waals surface area contributed by atoms with Gasteiger partial charge in [0.2, 0.25) is 0 Å². The monoisotopic (exact) mass is 202 g/mol. The summed E-state index contributed by atoms with van der Waals surface area (Å²) in [5.41, 5.74) is 6.74. The molecule has 0 bridgehead atoms. The van der Waals surface area contributed by atoms with Crippen LogP contribution < -0.4 is 5.73 Å². The molecule has 4 heteroatoms. The fourth-order valence-electron chi connectivity index (χ4n) is 1.40. The van der Waals surface area contributed by atoms with Gasteiger partial charge < -0.3 is 15.4 Å². The highest BCUT2D eigenvalue weighted by Crippen LogP contribution is 2.17. The van der Waals surface area contributed by atoms with Crippen molar-refractivity contribution >= 4 is 11.7 Å². The second-order valence-electron chi connectivity index (χ2n) is 3.17. The van der Waals surface area contributed by atoms with Crippen LogP contribution in [0.5, 0.6) is 0 Å². The van der Waals surface area contributed by atoms with E-state index < -0.39 is 5.97 Å². The van der Waals surface area contributed by atoms with Crippen molar-refractivity contribution in [3.8, 4) is 5.69 Å². The van der Waals surface area contributed by atoms with Crippen LogP contribution in [-0.4, -0.2) is 15.6 Å². The third kappa shape index (κ3) is 1.69. The molecule has 0 saturated carbocycles. The molecule has 2 aromatic rings. The van der Waals surface area contributed by atoms with Crippen molar-refractivity contribution in [3.05, 3.63) is 48.3 Å². The maximum absolute atomic E-state index is 10.9. The van der Waals surface area contributed by atoms with E-state index in [2.05, 4.69) is 0 Å². The second kappa shape index (κ2) is 3.49. The lowest BCUT2D eigenvalue weighted by Crippen LogP contribution is -2.03. The fraction of sp³-hybridized carbons (Fsp3) is 0. The number of nitrogens with two attached hydrogens (primary N) is 1. The molecular formula is C11H10N2O2. The molecule has 3 N–H and O–H groups in total. The summed E-state index contributed by atoms with van der Waals surface area (Å²) < 4.78 is 1.83. The first-order chi connectivity index (χ1) is 7.18. The van der Waals surface area contributed by atoms with Gasteiger partial charge in [-0.15, -0.1) is 0 Å². The van der Waals surface area contributed by atoms with Crippen molar-refractivity contribution in [1.29, 1.82) is 0 Å². The average molecular weight is 202 g/mol. The van der Waals surface area contributed by atoms with E-state index >= 15 is 0 Å². The number of benzene rings is 1. The highest BCUT2D eigenvalue weighted by Gasteiger charge is 2.08. The predicted molar refractivity (Wildman–Crippen MR) is 57.1 cm³/mol. The van der Waals surface area contributed by atoms with Crippen molar-refractivity contribution in [2.45, 2.75) is 0 Å². The van der Waals surface area contributed by atoms with Gasteiger partial charge in [0.05, 0.1) is 5.56 Å². The molecule has 76 valence electrons. The van der Waals surface area contributed by atoms with Crippen LogP contribution in [0, 0.1) is 0 Å². The van der Waals surface area contributed by atoms with E-state index in [0.29, 0.717) is 0 Å². The first-order valence-electron chi connectivity index (χ1n) is 4.44. The van der Waals surface area contributed by atoms with Gasteiger partial charge in [-0.05, 0) is 30.3 Å². The molecule has 0 aliphatic heterocycles. The summed E-state index contributed by atoms with van der Waals surface area (Å²) in [6.45, 7) is 0. The summed E-state index contributed by atoms with van der Waals surface area (Å²) in [5, 5.41) is 8.90. The quantitative estimate of drug-likeness (QED) is 0.729. The number of carboxylic acids is 1. The Morgan fingerprint density at radius 1 is 1.27 bits per heavy atom. The molecule has 0 aliphatic carbocycles. The number of anilines is 1. The Morgan fingerprint density at radius 3 is 2.53 bits per heavy atom. The van der Waals surface area contributed by atoms with E-state index in [4.69, 9.17) is 10.8 Å². The lowest BCUT2D eigenvalue weighted by molar-refractivity contribution is 0.0698. The topological polar surface area (TPSA) is 68.2 Å². The lowest BCUT2D eigenvalue weighted by atomic mass is 10.1. The highest BCUT2D eigenvalue weighted by atomic mass is 16.4. The third-order valence-electron chi connectivity index (χ3n) is 2.17. The number of hydrogen-bond donors (Lipinski definition) is 2. The van der Waals surface area contributed by atoms with E-state index in [0.717, 1.165) is 5.69 Å². The minimum absolute atomic E-state index is 0.126. The van der Waals surface area contributed by atoms with Gasteiger partial charge in [-0.25, -0.2) is 4.79 Å². The van der Waals surface area contributed by atoms with Gasteiger partial charge in [-0.1, -0.05) is 0 Å². The van der Waals surface area contributed by atoms with Crippen LogP contribution in [0.25, 0.3) is 5.69 Å². The maximum atomic E-state index is 10.9. The number of nitrogen functional groups attached to an aromatic ring is 1.